The number of nitrogens with one attached hydrogen (secondary N) is 2. The van der Waals surface area contributed by atoms with Crippen molar-refractivity contribution in [3.63, 3.8) is 0 Å². The van der Waals surface area contributed by atoms with Crippen LogP contribution in [0.5, 0.6) is 5.75 Å². The molecule has 0 aliphatic rings. The number of anilines is 1. The molecule has 148 valence electrons. The Labute approximate surface area is 156 Å². The number of nitro benzene ring substituents is 1. The fourth-order valence-corrected chi connectivity index (χ4v) is 2.16. The van der Waals surface area contributed by atoms with Crippen LogP contribution < -0.4 is 15.4 Å². The fraction of sp³-hybridized carbons (Fsp3) is 0.176. The Balaban J connectivity index is 2.04. The SMILES string of the molecule is CCOc1ccc(C(=O)NCC(=O)Nc2ccc(F)c(F)c2F)cc1[N+](=O)[O-]. The van der Waals surface area contributed by atoms with Crippen molar-refractivity contribution in [2.75, 3.05) is 18.5 Å². The first-order valence-corrected chi connectivity index (χ1v) is 7.87. The van der Waals surface area contributed by atoms with Gasteiger partial charge in [0.1, 0.15) is 0 Å². The van der Waals surface area contributed by atoms with Gasteiger partial charge in [0.25, 0.3) is 5.91 Å². The zero-order chi connectivity index (χ0) is 20.8. The van der Waals surface area contributed by atoms with Crippen LogP contribution in [0, 0.1) is 27.6 Å². The molecule has 0 heterocycles. The molecular weight excluding hydrogens is 383 g/mol. The van der Waals surface area contributed by atoms with Crippen LogP contribution in [0.3, 0.4) is 0 Å². The summed E-state index contributed by atoms with van der Waals surface area (Å²) in [4.78, 5) is 34.2. The van der Waals surface area contributed by atoms with Crippen molar-refractivity contribution in [3.8, 4) is 5.75 Å². The Morgan fingerprint density at radius 1 is 1.14 bits per heavy atom. The summed E-state index contributed by atoms with van der Waals surface area (Å²) >= 11 is 0. The van der Waals surface area contributed by atoms with E-state index in [-0.39, 0.29) is 17.9 Å². The van der Waals surface area contributed by atoms with Crippen molar-refractivity contribution >= 4 is 23.2 Å². The van der Waals surface area contributed by atoms with Crippen LogP contribution in [0.15, 0.2) is 30.3 Å². The first kappa shape index (κ1) is 20.7. The third-order valence-electron chi connectivity index (χ3n) is 3.44. The lowest BCUT2D eigenvalue weighted by molar-refractivity contribution is -0.385. The van der Waals surface area contributed by atoms with E-state index in [1.54, 1.807) is 6.92 Å². The number of ether oxygens (including phenoxy) is 1. The molecule has 11 heteroatoms. The Bertz CT molecular complexity index is 936. The summed E-state index contributed by atoms with van der Waals surface area (Å²) in [6.07, 6.45) is 0. The van der Waals surface area contributed by atoms with E-state index in [1.807, 2.05) is 5.32 Å². The van der Waals surface area contributed by atoms with Gasteiger partial charge in [-0.3, -0.25) is 19.7 Å². The van der Waals surface area contributed by atoms with E-state index < -0.39 is 52.1 Å². The van der Waals surface area contributed by atoms with Gasteiger partial charge in [-0.05, 0) is 31.2 Å². The second kappa shape index (κ2) is 8.84. The molecule has 2 N–H and O–H groups in total. The molecule has 2 aromatic rings. The second-order valence-corrected chi connectivity index (χ2v) is 5.33. The lowest BCUT2D eigenvalue weighted by Gasteiger charge is -2.09. The van der Waals surface area contributed by atoms with Gasteiger partial charge >= 0.3 is 5.69 Å². The first-order chi connectivity index (χ1) is 13.2. The van der Waals surface area contributed by atoms with E-state index in [0.717, 1.165) is 12.1 Å². The summed E-state index contributed by atoms with van der Waals surface area (Å²) in [7, 11) is 0. The minimum absolute atomic E-state index is 0.0180. The number of amides is 2. The zero-order valence-electron chi connectivity index (χ0n) is 14.4. The zero-order valence-corrected chi connectivity index (χ0v) is 14.4. The number of carbonyl (C=O) groups excluding carboxylic acids is 2. The molecule has 0 bridgehead atoms. The smallest absolute Gasteiger partial charge is 0.311 e. The number of hydrogen-bond acceptors (Lipinski definition) is 5. The van der Waals surface area contributed by atoms with Gasteiger partial charge in [-0.15, -0.1) is 0 Å². The Morgan fingerprint density at radius 2 is 1.86 bits per heavy atom. The van der Waals surface area contributed by atoms with E-state index in [1.165, 1.54) is 12.1 Å². The van der Waals surface area contributed by atoms with Crippen LogP contribution in [0.1, 0.15) is 17.3 Å². The topological polar surface area (TPSA) is 111 Å². The van der Waals surface area contributed by atoms with Crippen LogP contribution in [0.25, 0.3) is 0 Å². The van der Waals surface area contributed by atoms with Crippen LogP contribution in [-0.2, 0) is 4.79 Å². The summed E-state index contributed by atoms with van der Waals surface area (Å²) in [5.74, 6) is -6.49. The van der Waals surface area contributed by atoms with Gasteiger partial charge in [0.05, 0.1) is 23.8 Å². The average molecular weight is 397 g/mol. The predicted molar refractivity (Wildman–Crippen MR) is 91.5 cm³/mol. The Kier molecular flexibility index (Phi) is 6.53. The number of nitro groups is 1. The first-order valence-electron chi connectivity index (χ1n) is 7.87. The van der Waals surface area contributed by atoms with E-state index >= 15 is 0 Å². The largest absolute Gasteiger partial charge is 0.487 e. The molecular formula is C17H14F3N3O5. The van der Waals surface area contributed by atoms with E-state index in [9.17, 15) is 32.9 Å². The lowest BCUT2D eigenvalue weighted by atomic mass is 10.1. The molecule has 0 aliphatic carbocycles. The molecule has 0 aliphatic heterocycles. The molecule has 0 unspecified atom stereocenters. The highest BCUT2D eigenvalue weighted by atomic mass is 19.2. The minimum atomic E-state index is -1.75. The maximum Gasteiger partial charge on any atom is 0.311 e. The predicted octanol–water partition coefficient (Wildman–Crippen LogP) is 2.78. The summed E-state index contributed by atoms with van der Waals surface area (Å²) < 4.78 is 44.6. The van der Waals surface area contributed by atoms with Crippen molar-refractivity contribution in [1.82, 2.24) is 5.32 Å². The molecule has 0 saturated heterocycles. The summed E-state index contributed by atoms with van der Waals surface area (Å²) in [5.41, 5.74) is -1.14. The molecule has 2 aromatic carbocycles. The quantitative estimate of drug-likeness (QED) is 0.424. The molecule has 0 saturated carbocycles. The summed E-state index contributed by atoms with van der Waals surface area (Å²) in [5, 5.41) is 15.2. The standard InChI is InChI=1S/C17H14F3N3O5/c1-2-28-13-6-3-9(7-12(13)23(26)27)17(25)21-8-14(24)22-11-5-4-10(18)15(19)16(11)20/h3-7H,2,8H2,1H3,(H,21,25)(H,22,24). The van der Waals surface area contributed by atoms with Crippen molar-refractivity contribution in [1.29, 1.82) is 0 Å². The second-order valence-electron chi connectivity index (χ2n) is 5.33. The van der Waals surface area contributed by atoms with Crippen LogP contribution >= 0.6 is 0 Å². The minimum Gasteiger partial charge on any atom is -0.487 e. The monoisotopic (exact) mass is 397 g/mol. The highest BCUT2D eigenvalue weighted by molar-refractivity contribution is 5.99. The van der Waals surface area contributed by atoms with Gasteiger partial charge in [0.2, 0.25) is 5.91 Å². The van der Waals surface area contributed by atoms with Gasteiger partial charge in [-0.1, -0.05) is 0 Å². The molecule has 0 spiro atoms. The number of carbonyl (C=O) groups is 2. The number of benzene rings is 2. The van der Waals surface area contributed by atoms with E-state index in [4.69, 9.17) is 4.74 Å². The Morgan fingerprint density at radius 3 is 2.50 bits per heavy atom. The fourth-order valence-electron chi connectivity index (χ4n) is 2.16. The highest BCUT2D eigenvalue weighted by Gasteiger charge is 2.19. The van der Waals surface area contributed by atoms with Crippen LogP contribution in [-0.4, -0.2) is 29.9 Å². The van der Waals surface area contributed by atoms with Crippen molar-refractivity contribution < 1.29 is 32.4 Å². The lowest BCUT2D eigenvalue weighted by Crippen LogP contribution is -2.33. The Hall–Kier alpha value is -3.63. The number of halogens is 3. The van der Waals surface area contributed by atoms with Crippen molar-refractivity contribution in [2.24, 2.45) is 0 Å². The normalized spacial score (nSPS) is 10.3. The van der Waals surface area contributed by atoms with E-state index in [0.29, 0.717) is 6.07 Å². The van der Waals surface area contributed by atoms with Crippen molar-refractivity contribution in [2.45, 2.75) is 6.92 Å². The van der Waals surface area contributed by atoms with Gasteiger partial charge in [0, 0.05) is 11.6 Å². The summed E-state index contributed by atoms with van der Waals surface area (Å²) in [6.45, 7) is 1.18. The molecule has 8 nitrogen and oxygen atoms in total. The molecule has 0 aromatic heterocycles. The van der Waals surface area contributed by atoms with E-state index in [2.05, 4.69) is 5.32 Å². The molecule has 28 heavy (non-hydrogen) atoms. The third-order valence-corrected chi connectivity index (χ3v) is 3.44. The number of rotatable bonds is 7. The third kappa shape index (κ3) is 4.75. The van der Waals surface area contributed by atoms with Gasteiger partial charge in [-0.25, -0.2) is 13.2 Å². The highest BCUT2D eigenvalue weighted by Crippen LogP contribution is 2.28. The molecule has 0 fully saturated rings. The maximum atomic E-state index is 13.5. The molecule has 2 amide bonds. The average Bonchev–Trinajstić information content (AvgIpc) is 2.67. The molecule has 0 atom stereocenters. The maximum absolute atomic E-state index is 13.5. The van der Waals surface area contributed by atoms with Gasteiger partial charge < -0.3 is 15.4 Å². The number of nitrogens with zero attached hydrogens (tertiary/aromatic N) is 1. The molecule has 0 radical (unpaired) electrons. The van der Waals surface area contributed by atoms with Gasteiger partial charge in [-0.2, -0.15) is 0 Å². The summed E-state index contributed by atoms with van der Waals surface area (Å²) in [6, 6.07) is 4.94. The number of hydrogen-bond donors (Lipinski definition) is 2. The molecule has 2 rings (SSSR count). The van der Waals surface area contributed by atoms with Gasteiger partial charge in [0.15, 0.2) is 23.2 Å². The van der Waals surface area contributed by atoms with Crippen LogP contribution in [0.2, 0.25) is 0 Å². The van der Waals surface area contributed by atoms with Crippen molar-refractivity contribution in [3.05, 3.63) is 63.5 Å². The van der Waals surface area contributed by atoms with Crippen LogP contribution in [0.4, 0.5) is 24.5 Å².